The largest absolute Gasteiger partial charge is 0.398 e. The highest BCUT2D eigenvalue weighted by Gasteiger charge is 2.01. The third-order valence-corrected chi connectivity index (χ3v) is 2.07. The predicted octanol–water partition coefficient (Wildman–Crippen LogP) is 1.78. The average Bonchev–Trinajstić information content (AvgIpc) is 2.17. The van der Waals surface area contributed by atoms with Crippen LogP contribution in [0.15, 0.2) is 30.3 Å². The number of benzene rings is 1. The quantitative estimate of drug-likeness (QED) is 0.691. The number of nitrogens with two attached hydrogens (primary N) is 1. The molecule has 1 aromatic carbocycles. The molecule has 0 aliphatic carbocycles. The van der Waals surface area contributed by atoms with E-state index in [1.165, 1.54) is 6.92 Å². The molecule has 0 radical (unpaired) electrons. The van der Waals surface area contributed by atoms with Gasteiger partial charge in [0.1, 0.15) is 5.82 Å². The van der Waals surface area contributed by atoms with Gasteiger partial charge < -0.3 is 11.1 Å². The zero-order valence-corrected chi connectivity index (χ0v) is 8.32. The van der Waals surface area contributed by atoms with E-state index in [9.17, 15) is 4.79 Å². The first-order valence-corrected chi connectivity index (χ1v) is 4.59. The Kier molecular flexibility index (Phi) is 2.25. The van der Waals surface area contributed by atoms with E-state index >= 15 is 0 Å². The van der Waals surface area contributed by atoms with Crippen LogP contribution in [0.4, 0.5) is 11.5 Å². The van der Waals surface area contributed by atoms with Crippen molar-refractivity contribution < 1.29 is 4.79 Å². The zero-order chi connectivity index (χ0) is 10.8. The Balaban J connectivity index is 2.52. The number of hydrogen-bond acceptors (Lipinski definition) is 3. The SMILES string of the molecule is CC(=O)Nc1ccc2c(N)cccc2n1. The molecule has 1 aromatic heterocycles. The Hall–Kier alpha value is -2.10. The number of nitrogens with zero attached hydrogens (tertiary/aromatic N) is 1. The summed E-state index contributed by atoms with van der Waals surface area (Å²) < 4.78 is 0. The van der Waals surface area contributed by atoms with Crippen molar-refractivity contribution in [2.75, 3.05) is 11.1 Å². The molecule has 1 amide bonds. The van der Waals surface area contributed by atoms with Gasteiger partial charge in [0.15, 0.2) is 0 Å². The minimum absolute atomic E-state index is 0.134. The molecule has 4 nitrogen and oxygen atoms in total. The van der Waals surface area contributed by atoms with Crippen molar-refractivity contribution in [3.63, 3.8) is 0 Å². The molecule has 0 unspecified atom stereocenters. The van der Waals surface area contributed by atoms with E-state index in [1.807, 2.05) is 24.3 Å². The van der Waals surface area contributed by atoms with Gasteiger partial charge in [0.2, 0.25) is 5.91 Å². The third kappa shape index (κ3) is 1.88. The van der Waals surface area contributed by atoms with E-state index in [0.29, 0.717) is 11.5 Å². The smallest absolute Gasteiger partial charge is 0.222 e. The fraction of sp³-hybridized carbons (Fsp3) is 0.0909. The number of fused-ring (bicyclic) bond motifs is 1. The summed E-state index contributed by atoms with van der Waals surface area (Å²) in [6.07, 6.45) is 0. The van der Waals surface area contributed by atoms with Gasteiger partial charge in [-0.25, -0.2) is 4.98 Å². The number of hydrogen-bond donors (Lipinski definition) is 2. The number of nitrogen functional groups attached to an aromatic ring is 1. The lowest BCUT2D eigenvalue weighted by Gasteiger charge is -2.04. The van der Waals surface area contributed by atoms with Gasteiger partial charge in [0.05, 0.1) is 5.52 Å². The lowest BCUT2D eigenvalue weighted by atomic mass is 10.2. The summed E-state index contributed by atoms with van der Waals surface area (Å²) in [6.45, 7) is 1.45. The van der Waals surface area contributed by atoms with Crippen molar-refractivity contribution >= 4 is 28.3 Å². The first-order valence-electron chi connectivity index (χ1n) is 4.59. The van der Waals surface area contributed by atoms with Crippen molar-refractivity contribution in [1.82, 2.24) is 4.98 Å². The molecule has 0 aliphatic heterocycles. The highest BCUT2D eigenvalue weighted by Crippen LogP contribution is 2.20. The molecule has 76 valence electrons. The Labute approximate surface area is 87.1 Å². The molecule has 15 heavy (non-hydrogen) atoms. The van der Waals surface area contributed by atoms with Gasteiger partial charge in [-0.05, 0) is 24.3 Å². The Morgan fingerprint density at radius 2 is 2.13 bits per heavy atom. The molecule has 0 saturated heterocycles. The van der Waals surface area contributed by atoms with Crippen LogP contribution in [0.25, 0.3) is 10.9 Å². The van der Waals surface area contributed by atoms with Crippen molar-refractivity contribution in [2.45, 2.75) is 6.92 Å². The second kappa shape index (κ2) is 3.57. The normalized spacial score (nSPS) is 10.2. The Bertz CT molecular complexity index is 522. The molecule has 2 aromatic rings. The van der Waals surface area contributed by atoms with E-state index < -0.39 is 0 Å². The predicted molar refractivity (Wildman–Crippen MR) is 60.5 cm³/mol. The third-order valence-electron chi connectivity index (χ3n) is 2.07. The number of rotatable bonds is 1. The monoisotopic (exact) mass is 201 g/mol. The summed E-state index contributed by atoms with van der Waals surface area (Å²) in [4.78, 5) is 15.1. The Morgan fingerprint density at radius 1 is 1.33 bits per heavy atom. The fourth-order valence-corrected chi connectivity index (χ4v) is 1.43. The number of aromatic nitrogens is 1. The number of nitrogens with one attached hydrogen (secondary N) is 1. The molecule has 1 heterocycles. The first kappa shape index (κ1) is 9.45. The van der Waals surface area contributed by atoms with Crippen LogP contribution in [0.1, 0.15) is 6.92 Å². The van der Waals surface area contributed by atoms with Gasteiger partial charge in [-0.3, -0.25) is 4.79 Å². The molecule has 0 bridgehead atoms. The molecule has 0 fully saturated rings. The second-order valence-electron chi connectivity index (χ2n) is 3.29. The molecule has 2 rings (SSSR count). The maximum Gasteiger partial charge on any atom is 0.222 e. The van der Waals surface area contributed by atoms with Crippen LogP contribution < -0.4 is 11.1 Å². The summed E-state index contributed by atoms with van der Waals surface area (Å²) in [6, 6.07) is 9.10. The number of anilines is 2. The van der Waals surface area contributed by atoms with E-state index in [0.717, 1.165) is 10.9 Å². The van der Waals surface area contributed by atoms with E-state index in [1.54, 1.807) is 6.07 Å². The summed E-state index contributed by atoms with van der Waals surface area (Å²) >= 11 is 0. The summed E-state index contributed by atoms with van der Waals surface area (Å²) in [5, 5.41) is 3.52. The molecule has 0 spiro atoms. The van der Waals surface area contributed by atoms with Crippen LogP contribution in [0, 0.1) is 0 Å². The van der Waals surface area contributed by atoms with Gasteiger partial charge in [0, 0.05) is 18.0 Å². The number of amides is 1. The minimum Gasteiger partial charge on any atom is -0.398 e. The van der Waals surface area contributed by atoms with Crippen LogP contribution in [0.5, 0.6) is 0 Å². The van der Waals surface area contributed by atoms with Crippen LogP contribution in [-0.4, -0.2) is 10.9 Å². The number of carbonyl (C=O) groups excluding carboxylic acids is 1. The van der Waals surface area contributed by atoms with Crippen LogP contribution in [0.3, 0.4) is 0 Å². The maximum absolute atomic E-state index is 10.8. The number of carbonyl (C=O) groups is 1. The standard InChI is InChI=1S/C11H11N3O/c1-7(15)13-11-6-5-8-9(12)3-2-4-10(8)14-11/h2-6H,12H2,1H3,(H,13,14,15). The molecule has 0 aliphatic rings. The molecule has 3 N–H and O–H groups in total. The van der Waals surface area contributed by atoms with Crippen LogP contribution in [0.2, 0.25) is 0 Å². The molecular weight excluding hydrogens is 190 g/mol. The van der Waals surface area contributed by atoms with E-state index in [-0.39, 0.29) is 5.91 Å². The average molecular weight is 201 g/mol. The molecule has 0 atom stereocenters. The maximum atomic E-state index is 10.8. The zero-order valence-electron chi connectivity index (χ0n) is 8.32. The molecular formula is C11H11N3O. The second-order valence-corrected chi connectivity index (χ2v) is 3.29. The van der Waals surface area contributed by atoms with Gasteiger partial charge in [-0.1, -0.05) is 6.07 Å². The number of pyridine rings is 1. The molecule has 4 heteroatoms. The molecule has 0 saturated carbocycles. The van der Waals surface area contributed by atoms with Crippen molar-refractivity contribution in [3.8, 4) is 0 Å². The van der Waals surface area contributed by atoms with Crippen molar-refractivity contribution in [1.29, 1.82) is 0 Å². The van der Waals surface area contributed by atoms with E-state index in [2.05, 4.69) is 10.3 Å². The van der Waals surface area contributed by atoms with Gasteiger partial charge in [0.25, 0.3) is 0 Å². The van der Waals surface area contributed by atoms with Crippen LogP contribution >= 0.6 is 0 Å². The highest BCUT2D eigenvalue weighted by atomic mass is 16.1. The summed E-state index contributed by atoms with van der Waals surface area (Å²) in [7, 11) is 0. The fourth-order valence-electron chi connectivity index (χ4n) is 1.43. The topological polar surface area (TPSA) is 68.0 Å². The summed E-state index contributed by atoms with van der Waals surface area (Å²) in [5.41, 5.74) is 7.25. The first-order chi connectivity index (χ1) is 7.16. The summed E-state index contributed by atoms with van der Waals surface area (Å²) in [5.74, 6) is 0.409. The Morgan fingerprint density at radius 3 is 2.87 bits per heavy atom. The van der Waals surface area contributed by atoms with Gasteiger partial charge in [-0.2, -0.15) is 0 Å². The van der Waals surface area contributed by atoms with Crippen molar-refractivity contribution in [2.24, 2.45) is 0 Å². The highest BCUT2D eigenvalue weighted by molar-refractivity contribution is 5.93. The van der Waals surface area contributed by atoms with Crippen molar-refractivity contribution in [3.05, 3.63) is 30.3 Å². The minimum atomic E-state index is -0.134. The lowest BCUT2D eigenvalue weighted by Crippen LogP contribution is -2.07. The lowest BCUT2D eigenvalue weighted by molar-refractivity contribution is -0.114. The van der Waals surface area contributed by atoms with Gasteiger partial charge in [-0.15, -0.1) is 0 Å². The van der Waals surface area contributed by atoms with Gasteiger partial charge >= 0.3 is 0 Å². The van der Waals surface area contributed by atoms with E-state index in [4.69, 9.17) is 5.73 Å². The van der Waals surface area contributed by atoms with Crippen LogP contribution in [-0.2, 0) is 4.79 Å².